The monoisotopic (exact) mass is 433 g/mol. The van der Waals surface area contributed by atoms with Crippen LogP contribution in [0, 0.1) is 5.41 Å². The lowest BCUT2D eigenvalue weighted by Gasteiger charge is -2.52. The van der Waals surface area contributed by atoms with E-state index in [0.29, 0.717) is 21.5 Å². The van der Waals surface area contributed by atoms with Crippen molar-refractivity contribution in [1.29, 1.82) is 0 Å². The Morgan fingerprint density at radius 1 is 1.11 bits per heavy atom. The number of piperidine rings is 1. The van der Waals surface area contributed by atoms with Gasteiger partial charge in [-0.15, -0.1) is 0 Å². The van der Waals surface area contributed by atoms with Gasteiger partial charge >= 0.3 is 0 Å². The van der Waals surface area contributed by atoms with Crippen LogP contribution in [0.2, 0.25) is 10.0 Å². The van der Waals surface area contributed by atoms with Crippen molar-refractivity contribution in [2.45, 2.75) is 41.5 Å². The molecule has 2 aromatic heterocycles. The number of hydrogen-bond acceptors (Lipinski definition) is 5. The molecule has 2 aliphatic rings. The third kappa shape index (κ3) is 2.98. The van der Waals surface area contributed by atoms with Gasteiger partial charge in [0.25, 0.3) is 0 Å². The molecule has 1 saturated carbocycles. The van der Waals surface area contributed by atoms with E-state index < -0.39 is 0 Å². The molecule has 0 bridgehead atoms. The summed E-state index contributed by atoms with van der Waals surface area (Å²) < 4.78 is 2.07. The number of nitrogens with two attached hydrogens (primary N) is 1. The van der Waals surface area contributed by atoms with Crippen molar-refractivity contribution in [3.05, 3.63) is 46.8 Å². The SMILES string of the molecule is N[C@@H]1CCC12CCN(c1ncc(Sc3cccc(Cl)c3Cl)c3nccn13)CC2. The van der Waals surface area contributed by atoms with Crippen LogP contribution >= 0.6 is 35.0 Å². The molecule has 5 nitrogen and oxygen atoms in total. The Kier molecular flexibility index (Phi) is 4.70. The topological polar surface area (TPSA) is 59.5 Å². The summed E-state index contributed by atoms with van der Waals surface area (Å²) in [5.41, 5.74) is 7.54. The number of benzene rings is 1. The van der Waals surface area contributed by atoms with Crippen LogP contribution in [0.1, 0.15) is 25.7 Å². The molecule has 1 aliphatic heterocycles. The predicted octanol–water partition coefficient (Wildman–Crippen LogP) is 4.90. The largest absolute Gasteiger partial charge is 0.342 e. The Bertz CT molecular complexity index is 1030. The number of nitrogens with zero attached hydrogens (tertiary/aromatic N) is 4. The molecule has 2 fully saturated rings. The van der Waals surface area contributed by atoms with E-state index in [1.165, 1.54) is 24.6 Å². The van der Waals surface area contributed by atoms with E-state index in [0.717, 1.165) is 47.3 Å². The molecule has 1 aliphatic carbocycles. The van der Waals surface area contributed by atoms with Gasteiger partial charge in [0, 0.05) is 42.6 Å². The zero-order valence-corrected chi connectivity index (χ0v) is 17.6. The van der Waals surface area contributed by atoms with E-state index in [1.54, 1.807) is 6.07 Å². The second-order valence-corrected chi connectivity index (χ2v) is 9.56. The number of imidazole rings is 1. The minimum Gasteiger partial charge on any atom is -0.342 e. The zero-order chi connectivity index (χ0) is 19.3. The number of fused-ring (bicyclic) bond motifs is 1. The summed E-state index contributed by atoms with van der Waals surface area (Å²) >= 11 is 14.1. The third-order valence-corrected chi connectivity index (χ3v) is 8.29. The summed E-state index contributed by atoms with van der Waals surface area (Å²) in [6, 6.07) is 6.02. The summed E-state index contributed by atoms with van der Waals surface area (Å²) in [6.07, 6.45) is 10.4. The van der Waals surface area contributed by atoms with Crippen LogP contribution in [0.4, 0.5) is 5.95 Å². The molecular formula is C20H21Cl2N5S. The summed E-state index contributed by atoms with van der Waals surface area (Å²) in [5.74, 6) is 0.941. The highest BCUT2D eigenvalue weighted by Crippen LogP contribution is 2.48. The minimum atomic E-state index is 0.365. The molecule has 1 spiro atoms. The molecule has 3 heterocycles. The van der Waals surface area contributed by atoms with Crippen molar-refractivity contribution < 1.29 is 0 Å². The maximum atomic E-state index is 6.36. The van der Waals surface area contributed by atoms with Gasteiger partial charge in [-0.1, -0.05) is 41.0 Å². The maximum absolute atomic E-state index is 6.36. The molecule has 5 rings (SSSR count). The highest BCUT2D eigenvalue weighted by Gasteiger charge is 2.46. The first-order valence-electron chi connectivity index (χ1n) is 9.52. The Hall–Kier alpha value is -1.47. The van der Waals surface area contributed by atoms with Gasteiger partial charge < -0.3 is 10.6 Å². The first kappa shape index (κ1) is 18.6. The lowest BCUT2D eigenvalue weighted by atomic mass is 9.60. The summed E-state index contributed by atoms with van der Waals surface area (Å²) in [4.78, 5) is 13.6. The second-order valence-electron chi connectivity index (χ2n) is 7.69. The lowest BCUT2D eigenvalue weighted by molar-refractivity contribution is 0.0608. The van der Waals surface area contributed by atoms with Gasteiger partial charge in [0.1, 0.15) is 0 Å². The summed E-state index contributed by atoms with van der Waals surface area (Å²) in [6.45, 7) is 1.97. The number of rotatable bonds is 3. The van der Waals surface area contributed by atoms with Gasteiger partial charge in [-0.05, 0) is 43.2 Å². The average molecular weight is 434 g/mol. The summed E-state index contributed by atoms with van der Waals surface area (Å²) in [7, 11) is 0. The molecule has 3 aromatic rings. The molecule has 146 valence electrons. The zero-order valence-electron chi connectivity index (χ0n) is 15.3. The fraction of sp³-hybridized carbons (Fsp3) is 0.400. The molecule has 1 saturated heterocycles. The molecule has 1 atom stereocenters. The van der Waals surface area contributed by atoms with E-state index >= 15 is 0 Å². The van der Waals surface area contributed by atoms with Crippen molar-refractivity contribution >= 4 is 46.6 Å². The maximum Gasteiger partial charge on any atom is 0.211 e. The average Bonchev–Trinajstić information content (AvgIpc) is 3.21. The second kappa shape index (κ2) is 7.10. The quantitative estimate of drug-likeness (QED) is 0.636. The Balaban J connectivity index is 1.43. The number of anilines is 1. The van der Waals surface area contributed by atoms with E-state index in [-0.39, 0.29) is 0 Å². The standard InChI is InChI=1S/C20H21Cl2N5S/c21-13-2-1-3-14(17(13)22)28-15-12-25-19(27-11-8-24-18(15)27)26-9-6-20(7-10-26)5-4-16(20)23/h1-3,8,11-12,16H,4-7,9-10,23H2/t16-/m1/s1. The highest BCUT2D eigenvalue weighted by atomic mass is 35.5. The van der Waals surface area contributed by atoms with Gasteiger partial charge in [-0.2, -0.15) is 0 Å². The first-order valence-corrected chi connectivity index (χ1v) is 11.1. The van der Waals surface area contributed by atoms with E-state index in [4.69, 9.17) is 33.9 Å². The first-order chi connectivity index (χ1) is 13.6. The highest BCUT2D eigenvalue weighted by molar-refractivity contribution is 7.99. The lowest BCUT2D eigenvalue weighted by Crippen LogP contribution is -2.56. The fourth-order valence-electron chi connectivity index (χ4n) is 4.36. The van der Waals surface area contributed by atoms with E-state index in [1.807, 2.05) is 30.7 Å². The van der Waals surface area contributed by atoms with Crippen LogP contribution in [0.25, 0.3) is 5.65 Å². The van der Waals surface area contributed by atoms with Gasteiger partial charge in [0.2, 0.25) is 5.95 Å². The van der Waals surface area contributed by atoms with E-state index in [9.17, 15) is 0 Å². The Labute approximate surface area is 178 Å². The van der Waals surface area contributed by atoms with Crippen molar-refractivity contribution in [1.82, 2.24) is 14.4 Å². The normalized spacial score (nSPS) is 21.2. The molecular weight excluding hydrogens is 413 g/mol. The van der Waals surface area contributed by atoms with Crippen molar-refractivity contribution in [3.8, 4) is 0 Å². The number of aromatic nitrogens is 3. The smallest absolute Gasteiger partial charge is 0.211 e. The molecule has 8 heteroatoms. The Morgan fingerprint density at radius 3 is 2.64 bits per heavy atom. The Morgan fingerprint density at radius 2 is 1.93 bits per heavy atom. The molecule has 28 heavy (non-hydrogen) atoms. The van der Waals surface area contributed by atoms with Gasteiger partial charge in [-0.3, -0.25) is 4.40 Å². The van der Waals surface area contributed by atoms with Crippen LogP contribution in [-0.2, 0) is 0 Å². The van der Waals surface area contributed by atoms with Gasteiger partial charge in [0.15, 0.2) is 5.65 Å². The molecule has 2 N–H and O–H groups in total. The molecule has 1 aromatic carbocycles. The predicted molar refractivity (Wildman–Crippen MR) is 115 cm³/mol. The van der Waals surface area contributed by atoms with Crippen LogP contribution in [0.3, 0.4) is 0 Å². The summed E-state index contributed by atoms with van der Waals surface area (Å²) in [5, 5.41) is 1.10. The van der Waals surface area contributed by atoms with Crippen LogP contribution < -0.4 is 10.6 Å². The number of hydrogen-bond donors (Lipinski definition) is 1. The van der Waals surface area contributed by atoms with Crippen LogP contribution in [0.5, 0.6) is 0 Å². The van der Waals surface area contributed by atoms with Gasteiger partial charge in [-0.25, -0.2) is 9.97 Å². The third-order valence-electron chi connectivity index (χ3n) is 6.29. The van der Waals surface area contributed by atoms with E-state index in [2.05, 4.69) is 14.3 Å². The molecule has 0 unspecified atom stereocenters. The van der Waals surface area contributed by atoms with Crippen LogP contribution in [-0.4, -0.2) is 33.5 Å². The van der Waals surface area contributed by atoms with Crippen LogP contribution in [0.15, 0.2) is 46.6 Å². The number of halogens is 2. The minimum absolute atomic E-state index is 0.365. The van der Waals surface area contributed by atoms with Crippen molar-refractivity contribution in [2.24, 2.45) is 11.1 Å². The molecule has 0 radical (unpaired) electrons. The van der Waals surface area contributed by atoms with Gasteiger partial charge in [0.05, 0.1) is 14.9 Å². The fourth-order valence-corrected chi connectivity index (χ4v) is 5.77. The molecule has 0 amide bonds. The van der Waals surface area contributed by atoms with Crippen molar-refractivity contribution in [2.75, 3.05) is 18.0 Å². The van der Waals surface area contributed by atoms with Crippen molar-refractivity contribution in [3.63, 3.8) is 0 Å².